The Balaban J connectivity index is 3.11. The van der Waals surface area contributed by atoms with Crippen molar-refractivity contribution in [2.24, 2.45) is 0 Å². The number of nitrogens with one attached hydrogen (secondary N) is 1. The molecule has 0 spiro atoms. The summed E-state index contributed by atoms with van der Waals surface area (Å²) < 4.78 is 37.2. The van der Waals surface area contributed by atoms with Crippen LogP contribution in [0, 0.1) is 22.0 Å². The van der Waals surface area contributed by atoms with Gasteiger partial charge in [-0.3, -0.25) is 10.1 Å². The normalized spacial score (nSPS) is 10.4. The van der Waals surface area contributed by atoms with E-state index in [0.717, 1.165) is 12.1 Å². The first kappa shape index (κ1) is 13.8. The first-order valence-corrected chi connectivity index (χ1v) is 4.85. The average molecular weight is 258 g/mol. The van der Waals surface area contributed by atoms with E-state index in [4.69, 9.17) is 0 Å². The molecule has 4 nitrogen and oxygen atoms in total. The van der Waals surface area contributed by atoms with Gasteiger partial charge in [-0.1, -0.05) is 5.92 Å². The van der Waals surface area contributed by atoms with Crippen LogP contribution in [0.5, 0.6) is 0 Å². The SMILES string of the molecule is CC#CCNc1ccc(C(F)(F)F)cc1[N+](=O)[O-]. The van der Waals surface area contributed by atoms with Gasteiger partial charge in [0.05, 0.1) is 17.0 Å². The highest BCUT2D eigenvalue weighted by Gasteiger charge is 2.32. The molecule has 0 aliphatic rings. The molecule has 18 heavy (non-hydrogen) atoms. The van der Waals surface area contributed by atoms with Crippen molar-refractivity contribution in [1.29, 1.82) is 0 Å². The van der Waals surface area contributed by atoms with E-state index >= 15 is 0 Å². The van der Waals surface area contributed by atoms with Gasteiger partial charge in [-0.25, -0.2) is 0 Å². The second kappa shape index (κ2) is 5.40. The molecule has 0 heterocycles. The smallest absolute Gasteiger partial charge is 0.369 e. The third-order valence-corrected chi connectivity index (χ3v) is 2.07. The number of hydrogen-bond donors (Lipinski definition) is 1. The van der Waals surface area contributed by atoms with Gasteiger partial charge in [-0.2, -0.15) is 13.2 Å². The van der Waals surface area contributed by atoms with Crippen LogP contribution in [0.2, 0.25) is 0 Å². The third-order valence-electron chi connectivity index (χ3n) is 2.07. The molecule has 7 heteroatoms. The number of rotatable bonds is 3. The number of halogens is 3. The predicted molar refractivity (Wildman–Crippen MR) is 60.0 cm³/mol. The van der Waals surface area contributed by atoms with Gasteiger partial charge in [-0.05, 0) is 19.1 Å². The fourth-order valence-corrected chi connectivity index (χ4v) is 1.24. The molecule has 0 fully saturated rings. The number of nitrogens with zero attached hydrogens (tertiary/aromatic N) is 1. The summed E-state index contributed by atoms with van der Waals surface area (Å²) >= 11 is 0. The van der Waals surface area contributed by atoms with Crippen molar-refractivity contribution in [3.63, 3.8) is 0 Å². The second-order valence-corrected chi connectivity index (χ2v) is 3.27. The van der Waals surface area contributed by atoms with Crippen LogP contribution < -0.4 is 5.32 Å². The molecule has 1 N–H and O–H groups in total. The Bertz CT molecular complexity index is 515. The topological polar surface area (TPSA) is 55.2 Å². The maximum Gasteiger partial charge on any atom is 0.416 e. The molecule has 1 aromatic carbocycles. The molecule has 1 aromatic rings. The molecule has 0 unspecified atom stereocenters. The van der Waals surface area contributed by atoms with Gasteiger partial charge < -0.3 is 5.32 Å². The lowest BCUT2D eigenvalue weighted by Crippen LogP contribution is -2.08. The van der Waals surface area contributed by atoms with Crippen LogP contribution in [0.3, 0.4) is 0 Å². The number of benzene rings is 1. The molecule has 0 aliphatic heterocycles. The van der Waals surface area contributed by atoms with Gasteiger partial charge in [0.25, 0.3) is 5.69 Å². The summed E-state index contributed by atoms with van der Waals surface area (Å²) in [5.74, 6) is 5.16. The van der Waals surface area contributed by atoms with Crippen LogP contribution in [0.1, 0.15) is 12.5 Å². The van der Waals surface area contributed by atoms with Crippen molar-refractivity contribution in [2.75, 3.05) is 11.9 Å². The first-order chi connectivity index (χ1) is 8.36. The van der Waals surface area contributed by atoms with Gasteiger partial charge in [0, 0.05) is 6.07 Å². The van der Waals surface area contributed by atoms with Crippen LogP contribution in [0.4, 0.5) is 24.5 Å². The highest BCUT2D eigenvalue weighted by atomic mass is 19.4. The number of nitro benzene ring substituents is 1. The highest BCUT2D eigenvalue weighted by Crippen LogP contribution is 2.34. The lowest BCUT2D eigenvalue weighted by molar-refractivity contribution is -0.384. The number of alkyl halides is 3. The zero-order valence-electron chi connectivity index (χ0n) is 9.34. The lowest BCUT2D eigenvalue weighted by Gasteiger charge is -2.09. The Morgan fingerprint density at radius 1 is 1.44 bits per heavy atom. The quantitative estimate of drug-likeness (QED) is 0.515. The summed E-state index contributed by atoms with van der Waals surface area (Å²) in [4.78, 5) is 9.83. The Morgan fingerprint density at radius 2 is 2.11 bits per heavy atom. The summed E-state index contributed by atoms with van der Waals surface area (Å²) in [7, 11) is 0. The van der Waals surface area contributed by atoms with Crippen molar-refractivity contribution in [2.45, 2.75) is 13.1 Å². The molecule has 0 atom stereocenters. The van der Waals surface area contributed by atoms with Crippen molar-refractivity contribution < 1.29 is 18.1 Å². The molecule has 0 amide bonds. The van der Waals surface area contributed by atoms with Gasteiger partial charge in [0.1, 0.15) is 5.69 Å². The van der Waals surface area contributed by atoms with E-state index in [1.54, 1.807) is 6.92 Å². The Labute approximate surface area is 101 Å². The fraction of sp³-hybridized carbons (Fsp3) is 0.273. The minimum Gasteiger partial charge on any atom is -0.369 e. The van der Waals surface area contributed by atoms with E-state index in [-0.39, 0.29) is 12.2 Å². The molecule has 0 saturated heterocycles. The maximum atomic E-state index is 12.4. The van der Waals surface area contributed by atoms with Crippen LogP contribution in [-0.4, -0.2) is 11.5 Å². The molecule has 0 aromatic heterocycles. The van der Waals surface area contributed by atoms with E-state index in [2.05, 4.69) is 17.2 Å². The minimum absolute atomic E-state index is 0.00995. The van der Waals surface area contributed by atoms with E-state index in [1.165, 1.54) is 0 Å². The summed E-state index contributed by atoms with van der Waals surface area (Å²) in [6, 6.07) is 2.31. The Kier molecular flexibility index (Phi) is 4.15. The summed E-state index contributed by atoms with van der Waals surface area (Å²) in [6.07, 6.45) is -4.60. The molecule has 0 radical (unpaired) electrons. The Hall–Kier alpha value is -2.23. The highest BCUT2D eigenvalue weighted by molar-refractivity contribution is 5.63. The zero-order chi connectivity index (χ0) is 13.8. The van der Waals surface area contributed by atoms with Gasteiger partial charge in [-0.15, -0.1) is 5.92 Å². The monoisotopic (exact) mass is 258 g/mol. The fourth-order valence-electron chi connectivity index (χ4n) is 1.24. The van der Waals surface area contributed by atoms with Crippen LogP contribution in [0.15, 0.2) is 18.2 Å². The van der Waals surface area contributed by atoms with E-state index in [9.17, 15) is 23.3 Å². The number of hydrogen-bond acceptors (Lipinski definition) is 3. The molecular formula is C11H9F3N2O2. The standard InChI is InChI=1S/C11H9F3N2O2/c1-2-3-6-15-9-5-4-8(11(12,13)14)7-10(9)16(17)18/h4-5,7,15H,6H2,1H3. The lowest BCUT2D eigenvalue weighted by atomic mass is 10.1. The van der Waals surface area contributed by atoms with E-state index in [1.807, 2.05) is 0 Å². The van der Waals surface area contributed by atoms with Crippen molar-refractivity contribution in [3.8, 4) is 11.8 Å². The number of nitro groups is 1. The van der Waals surface area contributed by atoms with Gasteiger partial charge in [0.15, 0.2) is 0 Å². The predicted octanol–water partition coefficient (Wildman–Crippen LogP) is 3.05. The van der Waals surface area contributed by atoms with Gasteiger partial charge in [0.2, 0.25) is 0 Å². The van der Waals surface area contributed by atoms with Crippen LogP contribution >= 0.6 is 0 Å². The van der Waals surface area contributed by atoms with E-state index in [0.29, 0.717) is 6.07 Å². The van der Waals surface area contributed by atoms with Crippen LogP contribution in [0.25, 0.3) is 0 Å². The van der Waals surface area contributed by atoms with Crippen LogP contribution in [-0.2, 0) is 6.18 Å². The molecule has 0 aliphatic carbocycles. The third kappa shape index (κ3) is 3.38. The Morgan fingerprint density at radius 3 is 2.61 bits per heavy atom. The summed E-state index contributed by atoms with van der Waals surface area (Å²) in [5, 5.41) is 13.3. The molecule has 0 bridgehead atoms. The maximum absolute atomic E-state index is 12.4. The van der Waals surface area contributed by atoms with Crippen molar-refractivity contribution in [3.05, 3.63) is 33.9 Å². The largest absolute Gasteiger partial charge is 0.416 e. The molecule has 0 saturated carbocycles. The zero-order valence-corrected chi connectivity index (χ0v) is 9.34. The molecule has 1 rings (SSSR count). The average Bonchev–Trinajstić information content (AvgIpc) is 2.28. The first-order valence-electron chi connectivity index (χ1n) is 4.85. The molecule has 96 valence electrons. The molecular weight excluding hydrogens is 249 g/mol. The van der Waals surface area contributed by atoms with Crippen molar-refractivity contribution in [1.82, 2.24) is 0 Å². The second-order valence-electron chi connectivity index (χ2n) is 3.27. The number of anilines is 1. The summed E-state index contributed by atoms with van der Waals surface area (Å²) in [5.41, 5.74) is -1.67. The van der Waals surface area contributed by atoms with E-state index < -0.39 is 22.4 Å². The van der Waals surface area contributed by atoms with Gasteiger partial charge >= 0.3 is 6.18 Å². The minimum atomic E-state index is -4.60. The van der Waals surface area contributed by atoms with Crippen molar-refractivity contribution >= 4 is 11.4 Å². The summed E-state index contributed by atoms with van der Waals surface area (Å²) in [6.45, 7) is 1.71.